The fourth-order valence-corrected chi connectivity index (χ4v) is 2.93. The van der Waals surface area contributed by atoms with E-state index in [1.165, 1.54) is 17.2 Å². The van der Waals surface area contributed by atoms with Crippen LogP contribution in [0.4, 0.5) is 10.1 Å². The predicted octanol–water partition coefficient (Wildman–Crippen LogP) is 3.78. The van der Waals surface area contributed by atoms with Gasteiger partial charge in [-0.05, 0) is 49.1 Å². The summed E-state index contributed by atoms with van der Waals surface area (Å²) in [5.74, 6) is -0.671. The lowest BCUT2D eigenvalue weighted by Gasteiger charge is -2.30. The van der Waals surface area contributed by atoms with Gasteiger partial charge in [0, 0.05) is 12.7 Å². The Balaban J connectivity index is 2.07. The van der Waals surface area contributed by atoms with Gasteiger partial charge in [0.05, 0.1) is 11.3 Å². The molecule has 0 fully saturated rings. The van der Waals surface area contributed by atoms with Gasteiger partial charge in [-0.2, -0.15) is 0 Å². The van der Waals surface area contributed by atoms with Crippen molar-refractivity contribution >= 4 is 23.2 Å². The van der Waals surface area contributed by atoms with E-state index in [4.69, 9.17) is 11.6 Å². The SMILES string of the molecule is Cc1cc(F)c2c(c1)CCCN2C(=O)c1cccnc1Cl. The highest BCUT2D eigenvalue weighted by Crippen LogP contribution is 2.32. The van der Waals surface area contributed by atoms with Crippen molar-refractivity contribution in [1.29, 1.82) is 0 Å². The topological polar surface area (TPSA) is 33.2 Å². The van der Waals surface area contributed by atoms with Gasteiger partial charge in [-0.3, -0.25) is 4.79 Å². The molecule has 5 heteroatoms. The summed E-state index contributed by atoms with van der Waals surface area (Å²) < 4.78 is 14.3. The molecule has 0 atom stereocenters. The molecule has 1 amide bonds. The zero-order valence-corrected chi connectivity index (χ0v) is 12.3. The average molecular weight is 305 g/mol. The van der Waals surface area contributed by atoms with Crippen LogP contribution in [0.1, 0.15) is 27.9 Å². The zero-order chi connectivity index (χ0) is 15.0. The molecule has 0 saturated carbocycles. The number of hydrogen-bond donors (Lipinski definition) is 0. The standard InChI is InChI=1S/C16H14ClFN2O/c1-10-8-11-4-3-7-20(14(11)13(18)9-10)16(21)12-5-2-6-19-15(12)17/h2,5-6,8-9H,3-4,7H2,1H3. The second-order valence-electron chi connectivity index (χ2n) is 5.16. The van der Waals surface area contributed by atoms with Crippen molar-refractivity contribution in [3.63, 3.8) is 0 Å². The Labute approximate surface area is 127 Å². The van der Waals surface area contributed by atoms with Gasteiger partial charge in [0.1, 0.15) is 11.0 Å². The van der Waals surface area contributed by atoms with Gasteiger partial charge >= 0.3 is 0 Å². The van der Waals surface area contributed by atoms with E-state index in [2.05, 4.69) is 4.98 Å². The van der Waals surface area contributed by atoms with Gasteiger partial charge in [-0.15, -0.1) is 0 Å². The lowest BCUT2D eigenvalue weighted by atomic mass is 9.98. The highest BCUT2D eigenvalue weighted by molar-refractivity contribution is 6.33. The number of rotatable bonds is 1. The van der Waals surface area contributed by atoms with Crippen LogP contribution in [0, 0.1) is 12.7 Å². The molecule has 1 aliphatic rings. The second-order valence-corrected chi connectivity index (χ2v) is 5.51. The first-order valence-corrected chi connectivity index (χ1v) is 7.17. The summed E-state index contributed by atoms with van der Waals surface area (Å²) in [5.41, 5.74) is 2.40. The Kier molecular flexibility index (Phi) is 3.64. The van der Waals surface area contributed by atoms with E-state index in [0.717, 1.165) is 24.0 Å². The molecule has 0 saturated heterocycles. The fraction of sp³-hybridized carbons (Fsp3) is 0.250. The number of fused-ring (bicyclic) bond motifs is 1. The van der Waals surface area contributed by atoms with Crippen molar-refractivity contribution in [3.8, 4) is 0 Å². The Bertz CT molecular complexity index is 717. The molecular formula is C16H14ClFN2O. The average Bonchev–Trinajstić information content (AvgIpc) is 2.46. The van der Waals surface area contributed by atoms with E-state index in [1.54, 1.807) is 12.1 Å². The molecule has 0 N–H and O–H groups in total. The number of aryl methyl sites for hydroxylation is 2. The molecule has 1 aromatic carbocycles. The zero-order valence-electron chi connectivity index (χ0n) is 11.6. The number of hydrogen-bond acceptors (Lipinski definition) is 2. The molecule has 0 unspecified atom stereocenters. The van der Waals surface area contributed by atoms with Gasteiger partial charge in [0.2, 0.25) is 0 Å². The van der Waals surface area contributed by atoms with Crippen molar-refractivity contribution < 1.29 is 9.18 Å². The predicted molar refractivity (Wildman–Crippen MR) is 80.4 cm³/mol. The largest absolute Gasteiger partial charge is 0.305 e. The summed E-state index contributed by atoms with van der Waals surface area (Å²) in [5, 5.41) is 0.141. The van der Waals surface area contributed by atoms with Crippen LogP contribution >= 0.6 is 11.6 Å². The van der Waals surface area contributed by atoms with Crippen LogP contribution in [-0.2, 0) is 6.42 Å². The molecule has 2 aromatic rings. The minimum atomic E-state index is -0.363. The van der Waals surface area contributed by atoms with E-state index in [-0.39, 0.29) is 16.9 Å². The maximum absolute atomic E-state index is 14.3. The van der Waals surface area contributed by atoms with Crippen LogP contribution in [0.3, 0.4) is 0 Å². The molecule has 2 heterocycles. The van der Waals surface area contributed by atoms with Gasteiger partial charge in [0.25, 0.3) is 5.91 Å². The first-order chi connectivity index (χ1) is 10.1. The highest BCUT2D eigenvalue weighted by Gasteiger charge is 2.28. The summed E-state index contributed by atoms with van der Waals surface area (Å²) >= 11 is 5.98. The number of amides is 1. The quantitative estimate of drug-likeness (QED) is 0.751. The number of pyridine rings is 1. The van der Waals surface area contributed by atoms with Crippen LogP contribution in [0.2, 0.25) is 5.15 Å². The Morgan fingerprint density at radius 3 is 3.00 bits per heavy atom. The van der Waals surface area contributed by atoms with E-state index >= 15 is 0 Å². The van der Waals surface area contributed by atoms with Crippen molar-refractivity contribution in [1.82, 2.24) is 4.98 Å². The van der Waals surface area contributed by atoms with Gasteiger partial charge in [-0.1, -0.05) is 17.7 Å². The maximum Gasteiger partial charge on any atom is 0.261 e. The number of anilines is 1. The lowest BCUT2D eigenvalue weighted by Crippen LogP contribution is -2.36. The number of halogens is 2. The van der Waals surface area contributed by atoms with Crippen LogP contribution in [0.25, 0.3) is 0 Å². The van der Waals surface area contributed by atoms with E-state index < -0.39 is 0 Å². The van der Waals surface area contributed by atoms with Crippen LogP contribution in [0.5, 0.6) is 0 Å². The third kappa shape index (κ3) is 2.51. The van der Waals surface area contributed by atoms with Gasteiger partial charge in [-0.25, -0.2) is 9.37 Å². The first kappa shape index (κ1) is 14.0. The highest BCUT2D eigenvalue weighted by atomic mass is 35.5. The first-order valence-electron chi connectivity index (χ1n) is 6.79. The molecular weight excluding hydrogens is 291 g/mol. The molecule has 108 valence electrons. The number of carbonyl (C=O) groups excluding carboxylic acids is 1. The summed E-state index contributed by atoms with van der Waals surface area (Å²) in [4.78, 5) is 18.0. The molecule has 3 rings (SSSR count). The molecule has 0 radical (unpaired) electrons. The van der Waals surface area contributed by atoms with Gasteiger partial charge in [0.15, 0.2) is 0 Å². The monoisotopic (exact) mass is 304 g/mol. The smallest absolute Gasteiger partial charge is 0.261 e. The van der Waals surface area contributed by atoms with Crippen LogP contribution < -0.4 is 4.90 Å². The van der Waals surface area contributed by atoms with E-state index in [0.29, 0.717) is 17.8 Å². The Morgan fingerprint density at radius 2 is 2.24 bits per heavy atom. The van der Waals surface area contributed by atoms with Crippen LogP contribution in [-0.4, -0.2) is 17.4 Å². The maximum atomic E-state index is 14.3. The second kappa shape index (κ2) is 5.45. The minimum Gasteiger partial charge on any atom is -0.305 e. The molecule has 0 spiro atoms. The fourth-order valence-electron chi connectivity index (χ4n) is 2.73. The molecule has 0 bridgehead atoms. The Morgan fingerprint density at radius 1 is 1.43 bits per heavy atom. The molecule has 3 nitrogen and oxygen atoms in total. The van der Waals surface area contributed by atoms with Crippen molar-refractivity contribution in [3.05, 3.63) is 58.1 Å². The summed E-state index contributed by atoms with van der Waals surface area (Å²) in [6, 6.07) is 6.64. The number of nitrogens with zero attached hydrogens (tertiary/aromatic N) is 2. The molecule has 1 aliphatic heterocycles. The van der Waals surface area contributed by atoms with Crippen molar-refractivity contribution in [2.45, 2.75) is 19.8 Å². The van der Waals surface area contributed by atoms with E-state index in [9.17, 15) is 9.18 Å². The number of benzene rings is 1. The minimum absolute atomic E-state index is 0.141. The summed E-state index contributed by atoms with van der Waals surface area (Å²) in [6.45, 7) is 2.33. The van der Waals surface area contributed by atoms with Crippen molar-refractivity contribution in [2.75, 3.05) is 11.4 Å². The normalized spacial score (nSPS) is 14.0. The molecule has 0 aliphatic carbocycles. The lowest BCUT2D eigenvalue weighted by molar-refractivity contribution is 0.0984. The van der Waals surface area contributed by atoms with Crippen molar-refractivity contribution in [2.24, 2.45) is 0 Å². The summed E-state index contributed by atoms with van der Waals surface area (Å²) in [7, 11) is 0. The number of aromatic nitrogens is 1. The van der Waals surface area contributed by atoms with Gasteiger partial charge < -0.3 is 4.90 Å². The number of carbonyl (C=O) groups is 1. The Hall–Kier alpha value is -1.94. The van der Waals surface area contributed by atoms with E-state index in [1.807, 2.05) is 13.0 Å². The van der Waals surface area contributed by atoms with Crippen LogP contribution in [0.15, 0.2) is 30.5 Å². The molecule has 21 heavy (non-hydrogen) atoms. The third-order valence-corrected chi connectivity index (χ3v) is 3.92. The summed E-state index contributed by atoms with van der Waals surface area (Å²) in [6.07, 6.45) is 3.10. The molecule has 1 aromatic heterocycles. The third-order valence-electron chi connectivity index (χ3n) is 3.62.